The van der Waals surface area contributed by atoms with E-state index in [4.69, 9.17) is 0 Å². The molecule has 0 aromatic heterocycles. The average molecular weight is 200 g/mol. The van der Waals surface area contributed by atoms with Crippen molar-refractivity contribution in [2.45, 2.75) is 38.5 Å². The fraction of sp³-hybridized carbons (Fsp3) is 0.467. The fourth-order valence-electron chi connectivity index (χ4n) is 2.29. The van der Waals surface area contributed by atoms with Gasteiger partial charge in [-0.25, -0.2) is 0 Å². The SMILES string of the molecule is C1=CC(CCc2ccccc2)CCCC1. The van der Waals surface area contributed by atoms with Crippen LogP contribution in [0.4, 0.5) is 0 Å². The highest BCUT2D eigenvalue weighted by Gasteiger charge is 2.07. The molecule has 0 saturated carbocycles. The lowest BCUT2D eigenvalue weighted by molar-refractivity contribution is 0.525. The highest BCUT2D eigenvalue weighted by molar-refractivity contribution is 5.14. The van der Waals surface area contributed by atoms with Crippen LogP contribution in [0, 0.1) is 5.92 Å². The first-order chi connectivity index (χ1) is 7.45. The summed E-state index contributed by atoms with van der Waals surface area (Å²) in [5.41, 5.74) is 1.48. The van der Waals surface area contributed by atoms with Gasteiger partial charge in [-0.1, -0.05) is 48.9 Å². The summed E-state index contributed by atoms with van der Waals surface area (Å²) in [5.74, 6) is 0.827. The molecule has 15 heavy (non-hydrogen) atoms. The second-order valence-corrected chi connectivity index (χ2v) is 4.50. The van der Waals surface area contributed by atoms with Gasteiger partial charge in [0.1, 0.15) is 0 Å². The Labute approximate surface area is 93.0 Å². The van der Waals surface area contributed by atoms with Crippen LogP contribution in [0.5, 0.6) is 0 Å². The van der Waals surface area contributed by atoms with Gasteiger partial charge in [0.15, 0.2) is 0 Å². The molecular formula is C15H20. The lowest BCUT2D eigenvalue weighted by Gasteiger charge is -2.10. The maximum absolute atomic E-state index is 2.44. The van der Waals surface area contributed by atoms with Crippen molar-refractivity contribution >= 4 is 0 Å². The Morgan fingerprint density at radius 3 is 2.80 bits per heavy atom. The first-order valence-electron chi connectivity index (χ1n) is 6.16. The lowest BCUT2D eigenvalue weighted by atomic mass is 9.95. The summed E-state index contributed by atoms with van der Waals surface area (Å²) in [7, 11) is 0. The summed E-state index contributed by atoms with van der Waals surface area (Å²) in [6, 6.07) is 10.8. The Hall–Kier alpha value is -1.04. The molecule has 0 nitrogen and oxygen atoms in total. The first kappa shape index (κ1) is 10.5. The molecule has 1 aromatic carbocycles. The van der Waals surface area contributed by atoms with Gasteiger partial charge in [-0.2, -0.15) is 0 Å². The Morgan fingerprint density at radius 2 is 1.93 bits per heavy atom. The van der Waals surface area contributed by atoms with Crippen LogP contribution in [0.1, 0.15) is 37.7 Å². The molecule has 0 heterocycles. The van der Waals surface area contributed by atoms with E-state index < -0.39 is 0 Å². The van der Waals surface area contributed by atoms with Crippen LogP contribution in [0.25, 0.3) is 0 Å². The molecule has 80 valence electrons. The quantitative estimate of drug-likeness (QED) is 0.636. The monoisotopic (exact) mass is 200 g/mol. The molecule has 0 saturated heterocycles. The molecule has 1 unspecified atom stereocenters. The second kappa shape index (κ2) is 5.75. The van der Waals surface area contributed by atoms with Gasteiger partial charge in [-0.05, 0) is 43.6 Å². The van der Waals surface area contributed by atoms with Gasteiger partial charge < -0.3 is 0 Å². The van der Waals surface area contributed by atoms with Crippen LogP contribution >= 0.6 is 0 Å². The highest BCUT2D eigenvalue weighted by atomic mass is 14.1. The van der Waals surface area contributed by atoms with Gasteiger partial charge in [-0.3, -0.25) is 0 Å². The Kier molecular flexibility index (Phi) is 4.01. The molecule has 0 N–H and O–H groups in total. The van der Waals surface area contributed by atoms with Crippen LogP contribution < -0.4 is 0 Å². The maximum Gasteiger partial charge on any atom is -0.0230 e. The predicted octanol–water partition coefficient (Wildman–Crippen LogP) is 4.37. The van der Waals surface area contributed by atoms with Crippen LogP contribution in [0.3, 0.4) is 0 Å². The van der Waals surface area contributed by atoms with Gasteiger partial charge >= 0.3 is 0 Å². The molecule has 0 amide bonds. The largest absolute Gasteiger partial charge is 0.0883 e. The van der Waals surface area contributed by atoms with Crippen LogP contribution in [0.15, 0.2) is 42.5 Å². The summed E-state index contributed by atoms with van der Waals surface area (Å²) in [6.07, 6.45) is 12.9. The summed E-state index contributed by atoms with van der Waals surface area (Å²) < 4.78 is 0. The molecule has 1 aliphatic rings. The molecule has 0 aliphatic heterocycles. The topological polar surface area (TPSA) is 0 Å². The zero-order valence-corrected chi connectivity index (χ0v) is 9.36. The van der Waals surface area contributed by atoms with E-state index in [0.29, 0.717) is 0 Å². The number of hydrogen-bond acceptors (Lipinski definition) is 0. The summed E-state index contributed by atoms with van der Waals surface area (Å²) in [5, 5.41) is 0. The van der Waals surface area contributed by atoms with Crippen LogP contribution in [-0.4, -0.2) is 0 Å². The minimum atomic E-state index is 0.827. The molecule has 2 rings (SSSR count). The second-order valence-electron chi connectivity index (χ2n) is 4.50. The lowest BCUT2D eigenvalue weighted by Crippen LogP contribution is -1.98. The highest BCUT2D eigenvalue weighted by Crippen LogP contribution is 2.21. The minimum absolute atomic E-state index is 0.827. The number of allylic oxidation sites excluding steroid dienone is 2. The van der Waals surface area contributed by atoms with E-state index in [0.717, 1.165) is 5.92 Å². The Balaban J connectivity index is 1.82. The van der Waals surface area contributed by atoms with Gasteiger partial charge in [0.2, 0.25) is 0 Å². The van der Waals surface area contributed by atoms with E-state index >= 15 is 0 Å². The van der Waals surface area contributed by atoms with Crippen molar-refractivity contribution in [1.29, 1.82) is 0 Å². The molecule has 0 radical (unpaired) electrons. The molecular weight excluding hydrogens is 180 g/mol. The molecule has 0 spiro atoms. The molecule has 1 atom stereocenters. The first-order valence-corrected chi connectivity index (χ1v) is 6.16. The van der Waals surface area contributed by atoms with Crippen molar-refractivity contribution < 1.29 is 0 Å². The van der Waals surface area contributed by atoms with E-state index in [1.165, 1.54) is 44.1 Å². The number of hydrogen-bond donors (Lipinski definition) is 0. The minimum Gasteiger partial charge on any atom is -0.0883 e. The normalized spacial score (nSPS) is 21.2. The average Bonchev–Trinajstić information content (AvgIpc) is 2.56. The third kappa shape index (κ3) is 3.54. The van der Waals surface area contributed by atoms with Crippen molar-refractivity contribution in [3.63, 3.8) is 0 Å². The van der Waals surface area contributed by atoms with E-state index in [1.54, 1.807) is 0 Å². The van der Waals surface area contributed by atoms with Crippen molar-refractivity contribution in [2.24, 2.45) is 5.92 Å². The molecule has 0 fully saturated rings. The molecule has 0 bridgehead atoms. The standard InChI is InChI=1S/C15H20/c1-2-5-9-14(8-4-1)12-13-15-10-6-3-7-11-15/h3-4,6-8,10-11,14H,1-2,5,9,12-13H2. The van der Waals surface area contributed by atoms with Gasteiger partial charge in [0, 0.05) is 0 Å². The van der Waals surface area contributed by atoms with E-state index in [-0.39, 0.29) is 0 Å². The Bertz CT molecular complexity index is 297. The molecule has 0 heteroatoms. The Morgan fingerprint density at radius 1 is 1.07 bits per heavy atom. The van der Waals surface area contributed by atoms with Crippen molar-refractivity contribution in [1.82, 2.24) is 0 Å². The van der Waals surface area contributed by atoms with Gasteiger partial charge in [0.05, 0.1) is 0 Å². The maximum atomic E-state index is 2.44. The fourth-order valence-corrected chi connectivity index (χ4v) is 2.29. The van der Waals surface area contributed by atoms with E-state index in [2.05, 4.69) is 42.5 Å². The molecule has 1 aliphatic carbocycles. The predicted molar refractivity (Wildman–Crippen MR) is 65.9 cm³/mol. The summed E-state index contributed by atoms with van der Waals surface area (Å²) >= 11 is 0. The number of benzene rings is 1. The van der Waals surface area contributed by atoms with Crippen molar-refractivity contribution in [3.05, 3.63) is 48.0 Å². The summed E-state index contributed by atoms with van der Waals surface area (Å²) in [6.45, 7) is 0. The van der Waals surface area contributed by atoms with Gasteiger partial charge in [-0.15, -0.1) is 0 Å². The zero-order chi connectivity index (χ0) is 10.3. The van der Waals surface area contributed by atoms with Crippen molar-refractivity contribution in [3.8, 4) is 0 Å². The van der Waals surface area contributed by atoms with E-state index in [1.807, 2.05) is 0 Å². The zero-order valence-electron chi connectivity index (χ0n) is 9.36. The third-order valence-electron chi connectivity index (χ3n) is 3.25. The number of rotatable bonds is 3. The van der Waals surface area contributed by atoms with E-state index in [9.17, 15) is 0 Å². The molecule has 1 aromatic rings. The smallest absolute Gasteiger partial charge is 0.0230 e. The van der Waals surface area contributed by atoms with Crippen LogP contribution in [-0.2, 0) is 6.42 Å². The third-order valence-corrected chi connectivity index (χ3v) is 3.25. The van der Waals surface area contributed by atoms with Crippen molar-refractivity contribution in [2.75, 3.05) is 0 Å². The number of aryl methyl sites for hydroxylation is 1. The van der Waals surface area contributed by atoms with Gasteiger partial charge in [0.25, 0.3) is 0 Å². The summed E-state index contributed by atoms with van der Waals surface area (Å²) in [4.78, 5) is 0. The van der Waals surface area contributed by atoms with Crippen LogP contribution in [0.2, 0.25) is 0 Å².